The van der Waals surface area contributed by atoms with E-state index in [-0.39, 0.29) is 11.9 Å². The van der Waals surface area contributed by atoms with Crippen LogP contribution in [0.2, 0.25) is 0 Å². The summed E-state index contributed by atoms with van der Waals surface area (Å²) in [6, 6.07) is 8.40. The number of nitrogens with zero attached hydrogens (tertiary/aromatic N) is 5. The molecule has 0 unspecified atom stereocenters. The van der Waals surface area contributed by atoms with Gasteiger partial charge in [0.2, 0.25) is 0 Å². The molecular formula is C22H24FN5O2. The van der Waals surface area contributed by atoms with Crippen molar-refractivity contribution in [1.82, 2.24) is 24.6 Å². The Balaban J connectivity index is 1.70. The van der Waals surface area contributed by atoms with Gasteiger partial charge in [-0.3, -0.25) is 4.68 Å². The first-order valence-electron chi connectivity index (χ1n) is 9.89. The Bertz CT molecular complexity index is 1060. The predicted molar refractivity (Wildman–Crippen MR) is 109 cm³/mol. The van der Waals surface area contributed by atoms with Gasteiger partial charge in [0.25, 0.3) is 0 Å². The summed E-state index contributed by atoms with van der Waals surface area (Å²) < 4.78 is 21.6. The molecule has 0 bridgehead atoms. The van der Waals surface area contributed by atoms with Crippen molar-refractivity contribution in [3.63, 3.8) is 0 Å². The van der Waals surface area contributed by atoms with Crippen LogP contribution in [-0.2, 0) is 24.2 Å². The Hall–Kier alpha value is -3.29. The maximum Gasteiger partial charge on any atom is 0.410 e. The van der Waals surface area contributed by atoms with Gasteiger partial charge in [-0.25, -0.2) is 19.2 Å². The fraction of sp³-hybridized carbons (Fsp3) is 0.364. The van der Waals surface area contributed by atoms with Gasteiger partial charge in [-0.1, -0.05) is 18.2 Å². The molecule has 0 aliphatic carbocycles. The minimum absolute atomic E-state index is 0.273. The molecule has 8 heteroatoms. The predicted octanol–water partition coefficient (Wildman–Crippen LogP) is 3.82. The first-order chi connectivity index (χ1) is 14.3. The van der Waals surface area contributed by atoms with Gasteiger partial charge in [-0.15, -0.1) is 0 Å². The second kappa shape index (κ2) is 7.85. The molecule has 156 valence electrons. The van der Waals surface area contributed by atoms with Crippen LogP contribution in [0.4, 0.5) is 9.18 Å². The molecule has 1 aliphatic heterocycles. The number of carbonyl (C=O) groups is 1. The molecule has 3 heterocycles. The van der Waals surface area contributed by atoms with Crippen LogP contribution in [0.25, 0.3) is 11.5 Å². The Kier molecular flexibility index (Phi) is 5.24. The van der Waals surface area contributed by atoms with Crippen LogP contribution in [-0.4, -0.2) is 42.9 Å². The number of fused-ring (bicyclic) bond motifs is 1. The molecule has 1 amide bonds. The Morgan fingerprint density at radius 2 is 1.90 bits per heavy atom. The topological polar surface area (TPSA) is 73.1 Å². The molecule has 7 nitrogen and oxygen atoms in total. The summed E-state index contributed by atoms with van der Waals surface area (Å²) in [5.41, 5.74) is 2.42. The zero-order valence-electron chi connectivity index (χ0n) is 17.3. The van der Waals surface area contributed by atoms with E-state index in [1.165, 1.54) is 6.07 Å². The molecule has 0 radical (unpaired) electrons. The number of hydrogen-bond donors (Lipinski definition) is 0. The van der Waals surface area contributed by atoms with Crippen LogP contribution in [0.5, 0.6) is 0 Å². The molecule has 0 fully saturated rings. The van der Waals surface area contributed by atoms with E-state index in [2.05, 4.69) is 9.97 Å². The second-order valence-corrected chi connectivity index (χ2v) is 8.25. The average Bonchev–Trinajstić information content (AvgIpc) is 3.07. The van der Waals surface area contributed by atoms with E-state index in [0.29, 0.717) is 43.1 Å². The largest absolute Gasteiger partial charge is 0.444 e. The van der Waals surface area contributed by atoms with Gasteiger partial charge in [0.05, 0.1) is 13.1 Å². The number of halogens is 1. The zero-order chi connectivity index (χ0) is 21.3. The van der Waals surface area contributed by atoms with E-state index < -0.39 is 5.60 Å². The van der Waals surface area contributed by atoms with Crippen molar-refractivity contribution in [1.29, 1.82) is 0 Å². The molecule has 1 aliphatic rings. The molecule has 0 atom stereocenters. The summed E-state index contributed by atoms with van der Waals surface area (Å²) in [6.45, 7) is 6.67. The molecule has 3 aromatic rings. The lowest BCUT2D eigenvalue weighted by molar-refractivity contribution is 0.0223. The lowest BCUT2D eigenvalue weighted by atomic mass is 10.0. The minimum atomic E-state index is -0.572. The maximum absolute atomic E-state index is 14.2. The number of rotatable bonds is 3. The molecule has 0 N–H and O–H groups in total. The smallest absolute Gasteiger partial charge is 0.410 e. The number of benzene rings is 1. The SMILES string of the molecule is CC(C)(C)OC(=O)N1CCc2c(c(-c3ncccn3)nn2Cc2ccccc2F)C1. The third kappa shape index (κ3) is 4.17. The number of carbonyl (C=O) groups excluding carboxylic acids is 1. The molecule has 4 rings (SSSR count). The van der Waals surface area contributed by atoms with Crippen LogP contribution >= 0.6 is 0 Å². The average molecular weight is 409 g/mol. The third-order valence-corrected chi connectivity index (χ3v) is 4.84. The molecule has 0 saturated carbocycles. The summed E-state index contributed by atoms with van der Waals surface area (Å²) in [4.78, 5) is 22.9. The van der Waals surface area contributed by atoms with Crippen LogP contribution in [0.3, 0.4) is 0 Å². The monoisotopic (exact) mass is 409 g/mol. The van der Waals surface area contributed by atoms with Gasteiger partial charge < -0.3 is 9.64 Å². The summed E-state index contributed by atoms with van der Waals surface area (Å²) in [7, 11) is 0. The Morgan fingerprint density at radius 3 is 2.60 bits per heavy atom. The first kappa shape index (κ1) is 20.0. The number of amides is 1. The van der Waals surface area contributed by atoms with Gasteiger partial charge in [0, 0.05) is 42.2 Å². The third-order valence-electron chi connectivity index (χ3n) is 4.84. The van der Waals surface area contributed by atoms with E-state index in [9.17, 15) is 9.18 Å². The van der Waals surface area contributed by atoms with E-state index in [0.717, 1.165) is 11.3 Å². The quantitative estimate of drug-likeness (QED) is 0.658. The first-order valence-corrected chi connectivity index (χ1v) is 9.89. The molecule has 0 saturated heterocycles. The van der Waals surface area contributed by atoms with Gasteiger partial charge in [0.1, 0.15) is 17.1 Å². The fourth-order valence-corrected chi connectivity index (χ4v) is 3.49. The van der Waals surface area contributed by atoms with Gasteiger partial charge in [-0.05, 0) is 32.9 Å². The molecule has 1 aromatic carbocycles. The van der Waals surface area contributed by atoms with Crippen molar-refractivity contribution in [2.24, 2.45) is 0 Å². The molecule has 0 spiro atoms. The fourth-order valence-electron chi connectivity index (χ4n) is 3.49. The lowest BCUT2D eigenvalue weighted by Gasteiger charge is -2.30. The summed E-state index contributed by atoms with van der Waals surface area (Å²) in [6.07, 6.45) is 3.52. The molecule has 2 aromatic heterocycles. The minimum Gasteiger partial charge on any atom is -0.444 e. The highest BCUT2D eigenvalue weighted by Crippen LogP contribution is 2.29. The lowest BCUT2D eigenvalue weighted by Crippen LogP contribution is -2.40. The van der Waals surface area contributed by atoms with Crippen molar-refractivity contribution < 1.29 is 13.9 Å². The van der Waals surface area contributed by atoms with E-state index in [1.54, 1.807) is 46.2 Å². The van der Waals surface area contributed by atoms with E-state index in [1.807, 2.05) is 20.8 Å². The Labute approximate surface area is 174 Å². The van der Waals surface area contributed by atoms with Gasteiger partial charge >= 0.3 is 6.09 Å². The highest BCUT2D eigenvalue weighted by molar-refractivity contribution is 5.69. The molecular weight excluding hydrogens is 385 g/mol. The van der Waals surface area contributed by atoms with Crippen molar-refractivity contribution >= 4 is 6.09 Å². The maximum atomic E-state index is 14.2. The van der Waals surface area contributed by atoms with Crippen LogP contribution in [0, 0.1) is 5.82 Å². The highest BCUT2D eigenvalue weighted by Gasteiger charge is 2.31. The summed E-state index contributed by atoms with van der Waals surface area (Å²) >= 11 is 0. The van der Waals surface area contributed by atoms with Crippen molar-refractivity contribution in [3.8, 4) is 11.5 Å². The van der Waals surface area contributed by atoms with E-state index >= 15 is 0 Å². The van der Waals surface area contributed by atoms with Crippen molar-refractivity contribution in [3.05, 3.63) is 65.4 Å². The van der Waals surface area contributed by atoms with Crippen molar-refractivity contribution in [2.75, 3.05) is 6.54 Å². The van der Waals surface area contributed by atoms with Gasteiger partial charge in [0.15, 0.2) is 5.82 Å². The summed E-state index contributed by atoms with van der Waals surface area (Å²) in [5.74, 6) is 0.206. The highest BCUT2D eigenvalue weighted by atomic mass is 19.1. The number of hydrogen-bond acceptors (Lipinski definition) is 5. The van der Waals surface area contributed by atoms with Gasteiger partial charge in [-0.2, -0.15) is 5.10 Å². The van der Waals surface area contributed by atoms with E-state index in [4.69, 9.17) is 9.84 Å². The van der Waals surface area contributed by atoms with Crippen LogP contribution < -0.4 is 0 Å². The Morgan fingerprint density at radius 1 is 1.17 bits per heavy atom. The number of ether oxygens (including phenoxy) is 1. The van der Waals surface area contributed by atoms with Crippen molar-refractivity contribution in [2.45, 2.75) is 45.9 Å². The molecule has 30 heavy (non-hydrogen) atoms. The standard InChI is InChI=1S/C22H24FN5O2/c1-22(2,3)30-21(29)27-12-9-18-16(14-27)19(20-24-10-6-11-25-20)26-28(18)13-15-7-4-5-8-17(15)23/h4-8,10-11H,9,12-14H2,1-3H3. The normalized spacial score (nSPS) is 13.8. The van der Waals surface area contributed by atoms with Crippen LogP contribution in [0.15, 0.2) is 42.7 Å². The van der Waals surface area contributed by atoms with Crippen LogP contribution in [0.1, 0.15) is 37.6 Å². The number of aromatic nitrogens is 4. The summed E-state index contributed by atoms with van der Waals surface area (Å²) in [5, 5.41) is 4.71. The second-order valence-electron chi connectivity index (χ2n) is 8.25. The zero-order valence-corrected chi connectivity index (χ0v) is 17.3.